The summed E-state index contributed by atoms with van der Waals surface area (Å²) < 4.78 is 0. The predicted molar refractivity (Wildman–Crippen MR) is 92.8 cm³/mol. The molecular formula is C19H38N2. The minimum absolute atomic E-state index is 0.952. The summed E-state index contributed by atoms with van der Waals surface area (Å²) in [5.41, 5.74) is 0. The van der Waals surface area contributed by atoms with Crippen LogP contribution < -0.4 is 0 Å². The molecule has 0 N–H and O–H groups in total. The molecule has 1 atom stereocenters. The predicted octanol–water partition coefficient (Wildman–Crippen LogP) is 4.40. The highest BCUT2D eigenvalue weighted by atomic mass is 15.2. The Balaban J connectivity index is 1.59. The molecular weight excluding hydrogens is 256 g/mol. The molecule has 2 aliphatic heterocycles. The number of hydrogen-bond donors (Lipinski definition) is 0. The molecule has 124 valence electrons. The van der Waals surface area contributed by atoms with Crippen molar-refractivity contribution in [3.05, 3.63) is 0 Å². The Morgan fingerprint density at radius 2 is 1.43 bits per heavy atom. The second-order valence-electron chi connectivity index (χ2n) is 7.55. The van der Waals surface area contributed by atoms with Gasteiger partial charge in [0, 0.05) is 0 Å². The van der Waals surface area contributed by atoms with E-state index in [0.29, 0.717) is 0 Å². The molecule has 2 rings (SSSR count). The van der Waals surface area contributed by atoms with Gasteiger partial charge in [0.2, 0.25) is 0 Å². The van der Waals surface area contributed by atoms with Crippen LogP contribution in [0.2, 0.25) is 0 Å². The Bertz CT molecular complexity index is 252. The third kappa shape index (κ3) is 6.28. The summed E-state index contributed by atoms with van der Waals surface area (Å²) in [6.07, 6.45) is 12.9. The Kier molecular flexibility index (Phi) is 8.10. The lowest BCUT2D eigenvalue weighted by molar-refractivity contribution is 0.162. The van der Waals surface area contributed by atoms with Crippen LogP contribution in [0.1, 0.15) is 71.6 Å². The molecule has 0 spiro atoms. The lowest BCUT2D eigenvalue weighted by Crippen LogP contribution is -2.37. The van der Waals surface area contributed by atoms with Gasteiger partial charge < -0.3 is 9.80 Å². The van der Waals surface area contributed by atoms with E-state index in [9.17, 15) is 0 Å². The second kappa shape index (κ2) is 9.84. The van der Waals surface area contributed by atoms with Gasteiger partial charge in [0.1, 0.15) is 0 Å². The number of likely N-dealkylation sites (tertiary alicyclic amines) is 2. The van der Waals surface area contributed by atoms with E-state index in [1.807, 2.05) is 0 Å². The lowest BCUT2D eigenvalue weighted by Gasteiger charge is -2.33. The van der Waals surface area contributed by atoms with Crippen molar-refractivity contribution in [2.45, 2.75) is 71.6 Å². The summed E-state index contributed by atoms with van der Waals surface area (Å²) in [4.78, 5) is 5.34. The zero-order chi connectivity index (χ0) is 14.9. The fraction of sp³-hybridized carbons (Fsp3) is 1.00. The van der Waals surface area contributed by atoms with Crippen LogP contribution in [0.25, 0.3) is 0 Å². The van der Waals surface area contributed by atoms with Gasteiger partial charge in [-0.1, -0.05) is 20.3 Å². The fourth-order valence-corrected chi connectivity index (χ4v) is 4.06. The van der Waals surface area contributed by atoms with E-state index in [-0.39, 0.29) is 0 Å². The highest BCUT2D eigenvalue weighted by Crippen LogP contribution is 2.28. The van der Waals surface area contributed by atoms with Gasteiger partial charge in [-0.05, 0) is 102 Å². The van der Waals surface area contributed by atoms with Crippen LogP contribution in [0.3, 0.4) is 0 Å². The van der Waals surface area contributed by atoms with Crippen LogP contribution in [-0.2, 0) is 0 Å². The maximum absolute atomic E-state index is 2.72. The number of nitrogens with zero attached hydrogens (tertiary/aromatic N) is 2. The quantitative estimate of drug-likeness (QED) is 0.654. The SMILES string of the molecule is CCCCN1CCCC(C(C)CCCN2CCC2)CCC1. The third-order valence-corrected chi connectivity index (χ3v) is 5.81. The fourth-order valence-electron chi connectivity index (χ4n) is 4.06. The summed E-state index contributed by atoms with van der Waals surface area (Å²) >= 11 is 0. The molecule has 2 fully saturated rings. The largest absolute Gasteiger partial charge is 0.303 e. The smallest absolute Gasteiger partial charge is 0.000654 e. The first kappa shape index (κ1) is 17.3. The van der Waals surface area contributed by atoms with Crippen molar-refractivity contribution in [1.29, 1.82) is 0 Å². The van der Waals surface area contributed by atoms with Crippen molar-refractivity contribution >= 4 is 0 Å². The van der Waals surface area contributed by atoms with E-state index in [0.717, 1.165) is 11.8 Å². The van der Waals surface area contributed by atoms with E-state index >= 15 is 0 Å². The van der Waals surface area contributed by atoms with Crippen LogP contribution >= 0.6 is 0 Å². The standard InChI is InChI=1S/C19H38N2/c1-3-4-12-20-14-6-10-19(11-7-15-20)18(2)9-5-13-21-16-8-17-21/h18-19H,3-17H2,1-2H3. The van der Waals surface area contributed by atoms with Gasteiger partial charge in [-0.3, -0.25) is 0 Å². The summed E-state index contributed by atoms with van der Waals surface area (Å²) in [5.74, 6) is 1.96. The van der Waals surface area contributed by atoms with Gasteiger partial charge in [0.25, 0.3) is 0 Å². The van der Waals surface area contributed by atoms with Crippen LogP contribution in [-0.4, -0.2) is 49.1 Å². The average molecular weight is 295 g/mol. The van der Waals surface area contributed by atoms with Crippen LogP contribution in [0.4, 0.5) is 0 Å². The molecule has 0 aromatic heterocycles. The first-order valence-electron chi connectivity index (χ1n) is 9.74. The monoisotopic (exact) mass is 294 g/mol. The van der Waals surface area contributed by atoms with Gasteiger partial charge in [-0.25, -0.2) is 0 Å². The van der Waals surface area contributed by atoms with E-state index in [1.165, 1.54) is 97.1 Å². The molecule has 0 aromatic rings. The van der Waals surface area contributed by atoms with E-state index in [4.69, 9.17) is 0 Å². The molecule has 0 bridgehead atoms. The van der Waals surface area contributed by atoms with Crippen molar-refractivity contribution in [1.82, 2.24) is 9.80 Å². The van der Waals surface area contributed by atoms with Crippen molar-refractivity contribution in [2.75, 3.05) is 39.3 Å². The van der Waals surface area contributed by atoms with Crippen LogP contribution in [0, 0.1) is 11.8 Å². The molecule has 0 aliphatic carbocycles. The molecule has 2 aliphatic rings. The highest BCUT2D eigenvalue weighted by molar-refractivity contribution is 4.74. The van der Waals surface area contributed by atoms with Crippen molar-refractivity contribution < 1.29 is 0 Å². The second-order valence-corrected chi connectivity index (χ2v) is 7.55. The van der Waals surface area contributed by atoms with Gasteiger partial charge >= 0.3 is 0 Å². The third-order valence-electron chi connectivity index (χ3n) is 5.81. The zero-order valence-corrected chi connectivity index (χ0v) is 14.7. The maximum atomic E-state index is 2.72. The molecule has 2 heteroatoms. The van der Waals surface area contributed by atoms with Gasteiger partial charge in [-0.2, -0.15) is 0 Å². The Hall–Kier alpha value is -0.0800. The highest BCUT2D eigenvalue weighted by Gasteiger charge is 2.20. The minimum atomic E-state index is 0.952. The molecule has 0 amide bonds. The summed E-state index contributed by atoms with van der Waals surface area (Å²) in [6, 6.07) is 0. The molecule has 2 saturated heterocycles. The number of unbranched alkanes of at least 4 members (excludes halogenated alkanes) is 1. The maximum Gasteiger partial charge on any atom is -0.000654 e. The number of rotatable bonds is 8. The van der Waals surface area contributed by atoms with Gasteiger partial charge in [0.05, 0.1) is 0 Å². The summed E-state index contributed by atoms with van der Waals surface area (Å²) in [5, 5.41) is 0. The molecule has 0 aromatic carbocycles. The minimum Gasteiger partial charge on any atom is -0.303 e. The molecule has 2 nitrogen and oxygen atoms in total. The van der Waals surface area contributed by atoms with E-state index in [1.54, 1.807) is 0 Å². The van der Waals surface area contributed by atoms with Crippen LogP contribution in [0.5, 0.6) is 0 Å². The first-order chi connectivity index (χ1) is 10.3. The van der Waals surface area contributed by atoms with Crippen LogP contribution in [0.15, 0.2) is 0 Å². The van der Waals surface area contributed by atoms with Crippen molar-refractivity contribution in [3.63, 3.8) is 0 Å². The Morgan fingerprint density at radius 3 is 1.95 bits per heavy atom. The molecule has 0 radical (unpaired) electrons. The van der Waals surface area contributed by atoms with E-state index in [2.05, 4.69) is 23.6 Å². The van der Waals surface area contributed by atoms with E-state index < -0.39 is 0 Å². The average Bonchev–Trinajstić information content (AvgIpc) is 2.40. The first-order valence-corrected chi connectivity index (χ1v) is 9.74. The Morgan fingerprint density at radius 1 is 0.857 bits per heavy atom. The van der Waals surface area contributed by atoms with Gasteiger partial charge in [0.15, 0.2) is 0 Å². The summed E-state index contributed by atoms with van der Waals surface area (Å²) in [6.45, 7) is 13.0. The van der Waals surface area contributed by atoms with Crippen molar-refractivity contribution in [2.24, 2.45) is 11.8 Å². The molecule has 1 unspecified atom stereocenters. The Labute approximate surface area is 133 Å². The van der Waals surface area contributed by atoms with Crippen molar-refractivity contribution in [3.8, 4) is 0 Å². The van der Waals surface area contributed by atoms with Gasteiger partial charge in [-0.15, -0.1) is 0 Å². The summed E-state index contributed by atoms with van der Waals surface area (Å²) in [7, 11) is 0. The lowest BCUT2D eigenvalue weighted by atomic mass is 9.82. The topological polar surface area (TPSA) is 6.48 Å². The molecule has 21 heavy (non-hydrogen) atoms. The zero-order valence-electron chi connectivity index (χ0n) is 14.7. The normalized spacial score (nSPS) is 24.3. The molecule has 2 heterocycles. The number of hydrogen-bond acceptors (Lipinski definition) is 2. The molecule has 0 saturated carbocycles.